The summed E-state index contributed by atoms with van der Waals surface area (Å²) in [6.45, 7) is 6.30. The van der Waals surface area contributed by atoms with Gasteiger partial charge in [-0.1, -0.05) is 72.1 Å². The third-order valence-electron chi connectivity index (χ3n) is 4.26. The van der Waals surface area contributed by atoms with E-state index in [-0.39, 0.29) is 12.3 Å². The first kappa shape index (κ1) is 19.9. The van der Waals surface area contributed by atoms with Crippen LogP contribution in [-0.4, -0.2) is 22.2 Å². The Morgan fingerprint density at radius 1 is 0.857 bits per heavy atom. The molecular formula is C17H32O4. The number of carboxylic acids is 2. The molecule has 0 saturated heterocycles. The molecule has 0 aliphatic heterocycles. The molecular weight excluding hydrogens is 268 g/mol. The fourth-order valence-electron chi connectivity index (χ4n) is 2.70. The molecule has 1 unspecified atom stereocenters. The van der Waals surface area contributed by atoms with E-state index in [0.29, 0.717) is 5.92 Å². The summed E-state index contributed by atoms with van der Waals surface area (Å²) >= 11 is 0. The molecule has 4 heteroatoms. The number of carbonyl (C=O) groups is 2. The molecule has 0 rings (SSSR count). The first-order chi connectivity index (χ1) is 9.90. The Bertz CT molecular complexity index is 285. The normalized spacial score (nSPS) is 12.8. The number of unbranched alkanes of at least 4 members (excludes halogenated alkanes) is 6. The van der Waals surface area contributed by atoms with Crippen molar-refractivity contribution in [1.29, 1.82) is 0 Å². The molecule has 0 aromatic carbocycles. The van der Waals surface area contributed by atoms with Crippen LogP contribution < -0.4 is 0 Å². The van der Waals surface area contributed by atoms with Crippen LogP contribution in [0, 0.1) is 17.8 Å². The van der Waals surface area contributed by atoms with Gasteiger partial charge in [-0.15, -0.1) is 0 Å². The van der Waals surface area contributed by atoms with Crippen molar-refractivity contribution in [1.82, 2.24) is 0 Å². The Morgan fingerprint density at radius 3 is 1.76 bits per heavy atom. The first-order valence-electron chi connectivity index (χ1n) is 8.35. The van der Waals surface area contributed by atoms with Crippen molar-refractivity contribution in [3.8, 4) is 0 Å². The minimum Gasteiger partial charge on any atom is -0.481 e. The van der Waals surface area contributed by atoms with Crippen LogP contribution >= 0.6 is 0 Å². The number of carboxylic acid groups (broad SMARTS) is 2. The summed E-state index contributed by atoms with van der Waals surface area (Å²) in [4.78, 5) is 22.0. The summed E-state index contributed by atoms with van der Waals surface area (Å²) < 4.78 is 0. The van der Waals surface area contributed by atoms with E-state index in [9.17, 15) is 9.59 Å². The topological polar surface area (TPSA) is 74.6 Å². The van der Waals surface area contributed by atoms with E-state index in [2.05, 4.69) is 6.92 Å². The maximum atomic E-state index is 11.0. The Labute approximate surface area is 128 Å². The van der Waals surface area contributed by atoms with Crippen LogP contribution in [0.5, 0.6) is 0 Å². The molecule has 0 amide bonds. The van der Waals surface area contributed by atoms with Gasteiger partial charge in [0.05, 0.1) is 0 Å². The van der Waals surface area contributed by atoms with Crippen LogP contribution in [0.1, 0.15) is 78.6 Å². The molecule has 0 bridgehead atoms. The van der Waals surface area contributed by atoms with Gasteiger partial charge in [-0.2, -0.15) is 0 Å². The lowest BCUT2D eigenvalue weighted by molar-refractivity contribution is -0.155. The lowest BCUT2D eigenvalue weighted by atomic mass is 9.82. The zero-order chi connectivity index (χ0) is 16.3. The van der Waals surface area contributed by atoms with E-state index >= 15 is 0 Å². The van der Waals surface area contributed by atoms with Gasteiger partial charge in [0.25, 0.3) is 0 Å². The van der Waals surface area contributed by atoms with Gasteiger partial charge in [-0.05, 0) is 18.3 Å². The summed E-state index contributed by atoms with van der Waals surface area (Å²) in [7, 11) is 0. The third kappa shape index (κ3) is 9.48. The largest absolute Gasteiger partial charge is 0.481 e. The number of aliphatic carboxylic acids is 2. The molecule has 4 nitrogen and oxygen atoms in total. The van der Waals surface area contributed by atoms with Crippen molar-refractivity contribution >= 4 is 11.9 Å². The van der Waals surface area contributed by atoms with Crippen molar-refractivity contribution in [2.45, 2.75) is 78.6 Å². The molecule has 0 aromatic heterocycles. The first-order valence-corrected chi connectivity index (χ1v) is 8.35. The quantitative estimate of drug-likeness (QED) is 0.386. The van der Waals surface area contributed by atoms with Gasteiger partial charge in [0.2, 0.25) is 0 Å². The molecule has 0 radical (unpaired) electrons. The highest BCUT2D eigenvalue weighted by atomic mass is 16.4. The second-order valence-corrected chi connectivity index (χ2v) is 6.38. The molecule has 21 heavy (non-hydrogen) atoms. The monoisotopic (exact) mass is 300 g/mol. The molecule has 0 fully saturated rings. The molecule has 0 aliphatic rings. The number of hydrogen-bond acceptors (Lipinski definition) is 2. The van der Waals surface area contributed by atoms with Gasteiger partial charge in [-0.3, -0.25) is 9.59 Å². The Morgan fingerprint density at radius 2 is 1.33 bits per heavy atom. The Hall–Kier alpha value is -1.06. The van der Waals surface area contributed by atoms with E-state index in [1.54, 1.807) is 0 Å². The molecule has 0 heterocycles. The minimum atomic E-state index is -1.26. The zero-order valence-corrected chi connectivity index (χ0v) is 13.8. The maximum absolute atomic E-state index is 11.0. The fourth-order valence-corrected chi connectivity index (χ4v) is 2.70. The van der Waals surface area contributed by atoms with Crippen LogP contribution in [0.15, 0.2) is 0 Å². The summed E-state index contributed by atoms with van der Waals surface area (Å²) in [5, 5.41) is 18.0. The highest BCUT2D eigenvalue weighted by molar-refractivity contribution is 5.92. The van der Waals surface area contributed by atoms with Crippen molar-refractivity contribution in [3.05, 3.63) is 0 Å². The summed E-state index contributed by atoms with van der Waals surface area (Å²) in [5.74, 6) is -3.19. The summed E-state index contributed by atoms with van der Waals surface area (Å²) in [6.07, 6.45) is 9.76. The Balaban J connectivity index is 4.08. The van der Waals surface area contributed by atoms with Gasteiger partial charge < -0.3 is 10.2 Å². The molecule has 124 valence electrons. The van der Waals surface area contributed by atoms with Crippen molar-refractivity contribution < 1.29 is 19.8 Å². The van der Waals surface area contributed by atoms with Crippen LogP contribution in [-0.2, 0) is 9.59 Å². The number of rotatable bonds is 13. The van der Waals surface area contributed by atoms with Crippen molar-refractivity contribution in [2.24, 2.45) is 17.8 Å². The number of hydrogen-bond donors (Lipinski definition) is 2. The summed E-state index contributed by atoms with van der Waals surface area (Å²) in [5.41, 5.74) is 0. The summed E-state index contributed by atoms with van der Waals surface area (Å²) in [6, 6.07) is 0. The molecule has 0 aliphatic carbocycles. The highest BCUT2D eigenvalue weighted by Crippen LogP contribution is 2.27. The predicted octanol–water partition coefficient (Wildman–Crippen LogP) is 4.57. The zero-order valence-electron chi connectivity index (χ0n) is 13.8. The predicted molar refractivity (Wildman–Crippen MR) is 84.3 cm³/mol. The standard InChI is InChI=1S/C17H32O4/c1-4-5-6-7-8-9-10-11-14(13(2)3)12-15(16(18)19)17(20)21/h13-15H,4-12H2,1-3H3,(H,18,19)(H,20,21). The smallest absolute Gasteiger partial charge is 0.317 e. The van der Waals surface area contributed by atoms with E-state index in [1.807, 2.05) is 13.8 Å². The SMILES string of the molecule is CCCCCCCCCC(CC(C(=O)O)C(=O)O)C(C)C. The van der Waals surface area contributed by atoms with Crippen LogP contribution in [0.4, 0.5) is 0 Å². The van der Waals surface area contributed by atoms with Crippen molar-refractivity contribution in [3.63, 3.8) is 0 Å². The van der Waals surface area contributed by atoms with E-state index in [1.165, 1.54) is 32.1 Å². The van der Waals surface area contributed by atoms with Gasteiger partial charge in [-0.25, -0.2) is 0 Å². The van der Waals surface area contributed by atoms with Crippen LogP contribution in [0.3, 0.4) is 0 Å². The fraction of sp³-hybridized carbons (Fsp3) is 0.882. The second-order valence-electron chi connectivity index (χ2n) is 6.38. The lowest BCUT2D eigenvalue weighted by Crippen LogP contribution is -2.27. The van der Waals surface area contributed by atoms with Crippen LogP contribution in [0.25, 0.3) is 0 Å². The van der Waals surface area contributed by atoms with Gasteiger partial charge in [0.15, 0.2) is 5.92 Å². The van der Waals surface area contributed by atoms with Crippen molar-refractivity contribution in [2.75, 3.05) is 0 Å². The average molecular weight is 300 g/mol. The van der Waals surface area contributed by atoms with Gasteiger partial charge in [0, 0.05) is 0 Å². The Kier molecular flexibility index (Phi) is 11.0. The average Bonchev–Trinajstić information content (AvgIpc) is 2.39. The molecule has 0 aromatic rings. The minimum absolute atomic E-state index is 0.179. The lowest BCUT2D eigenvalue weighted by Gasteiger charge is -2.22. The van der Waals surface area contributed by atoms with Crippen LogP contribution in [0.2, 0.25) is 0 Å². The molecule has 0 saturated carbocycles. The molecule has 2 N–H and O–H groups in total. The maximum Gasteiger partial charge on any atom is 0.317 e. The molecule has 1 atom stereocenters. The molecule has 0 spiro atoms. The van der Waals surface area contributed by atoms with Gasteiger partial charge in [0.1, 0.15) is 0 Å². The van der Waals surface area contributed by atoms with E-state index in [4.69, 9.17) is 10.2 Å². The van der Waals surface area contributed by atoms with Gasteiger partial charge >= 0.3 is 11.9 Å². The second kappa shape index (κ2) is 11.6. The van der Waals surface area contributed by atoms with E-state index < -0.39 is 17.9 Å². The third-order valence-corrected chi connectivity index (χ3v) is 4.26. The highest BCUT2D eigenvalue weighted by Gasteiger charge is 2.30. The van der Waals surface area contributed by atoms with E-state index in [0.717, 1.165) is 19.3 Å².